The van der Waals surface area contributed by atoms with Gasteiger partial charge in [0, 0.05) is 0 Å². The van der Waals surface area contributed by atoms with Crippen LogP contribution >= 0.6 is 0 Å². The Morgan fingerprint density at radius 1 is 0.545 bits per heavy atom. The fourth-order valence-corrected chi connectivity index (χ4v) is 3.32. The van der Waals surface area contributed by atoms with Gasteiger partial charge < -0.3 is 0 Å². The van der Waals surface area contributed by atoms with Crippen molar-refractivity contribution in [2.24, 2.45) is 5.92 Å². The summed E-state index contributed by atoms with van der Waals surface area (Å²) in [5.41, 5.74) is 0. The monoisotopic (exact) mass is 309 g/mol. The molecule has 0 aliphatic heterocycles. The number of unbranched alkanes of at least 4 members (excludes halogenated alkanes) is 14. The smallest absolute Gasteiger partial charge is 0.0443 e. The molecule has 0 spiro atoms. The zero-order valence-corrected chi connectivity index (χ0v) is 16.0. The molecule has 0 nitrogen and oxygen atoms in total. The second kappa shape index (κ2) is 19.0. The van der Waals surface area contributed by atoms with Crippen molar-refractivity contribution in [3.63, 3.8) is 0 Å². The predicted octanol–water partition coefficient (Wildman–Crippen LogP) is 8.50. The Bertz CT molecular complexity index is 184. The fraction of sp³-hybridized carbons (Fsp3) is 0.955. The molecule has 0 saturated heterocycles. The lowest BCUT2D eigenvalue weighted by Crippen LogP contribution is -1.95. The molecule has 0 saturated carbocycles. The topological polar surface area (TPSA) is 0 Å². The molecule has 0 aromatic heterocycles. The molecule has 0 aliphatic carbocycles. The lowest BCUT2D eigenvalue weighted by molar-refractivity contribution is 0.431. The molecule has 1 unspecified atom stereocenters. The van der Waals surface area contributed by atoms with E-state index in [1.54, 1.807) is 0 Å². The molecule has 0 aliphatic rings. The van der Waals surface area contributed by atoms with E-state index < -0.39 is 0 Å². The highest BCUT2D eigenvalue weighted by Gasteiger charge is 2.02. The van der Waals surface area contributed by atoms with Gasteiger partial charge in [-0.1, -0.05) is 136 Å². The quantitative estimate of drug-likeness (QED) is 0.223. The first-order chi connectivity index (χ1) is 10.8. The second-order valence-corrected chi connectivity index (χ2v) is 7.49. The molecule has 0 amide bonds. The van der Waals surface area contributed by atoms with Crippen LogP contribution in [0.3, 0.4) is 0 Å². The Kier molecular flexibility index (Phi) is 19.0. The van der Waals surface area contributed by atoms with Gasteiger partial charge >= 0.3 is 0 Å². The van der Waals surface area contributed by atoms with Crippen LogP contribution in [-0.4, -0.2) is 0 Å². The summed E-state index contributed by atoms with van der Waals surface area (Å²) in [5, 5.41) is 0. The van der Waals surface area contributed by atoms with E-state index in [9.17, 15) is 0 Å². The van der Waals surface area contributed by atoms with Crippen molar-refractivity contribution in [2.45, 2.75) is 129 Å². The van der Waals surface area contributed by atoms with Crippen LogP contribution in [0.1, 0.15) is 129 Å². The largest absolute Gasteiger partial charge is 0.0654 e. The van der Waals surface area contributed by atoms with Gasteiger partial charge in [0.1, 0.15) is 0 Å². The first-order valence-corrected chi connectivity index (χ1v) is 10.6. The zero-order chi connectivity index (χ0) is 16.3. The highest BCUT2D eigenvalue weighted by molar-refractivity contribution is 4.56. The summed E-state index contributed by atoms with van der Waals surface area (Å²) in [6.45, 7) is 8.66. The summed E-state index contributed by atoms with van der Waals surface area (Å²) < 4.78 is 0. The lowest BCUT2D eigenvalue weighted by Gasteiger charge is -2.11. The number of hydrogen-bond acceptors (Lipinski definition) is 0. The van der Waals surface area contributed by atoms with Crippen LogP contribution in [0, 0.1) is 12.8 Å². The summed E-state index contributed by atoms with van der Waals surface area (Å²) >= 11 is 0. The van der Waals surface area contributed by atoms with Crippen LogP contribution in [0.4, 0.5) is 0 Å². The molecular formula is C22H45. The van der Waals surface area contributed by atoms with Gasteiger partial charge in [0.05, 0.1) is 0 Å². The maximum absolute atomic E-state index is 3.90. The highest BCUT2D eigenvalue weighted by atomic mass is 14.1. The Hall–Kier alpha value is 0. The van der Waals surface area contributed by atoms with Crippen LogP contribution in [0.25, 0.3) is 0 Å². The predicted molar refractivity (Wildman–Crippen MR) is 103 cm³/mol. The molecular weight excluding hydrogens is 264 g/mol. The molecule has 0 aromatic carbocycles. The van der Waals surface area contributed by atoms with Crippen LogP contribution in [-0.2, 0) is 0 Å². The average molecular weight is 310 g/mol. The summed E-state index contributed by atoms with van der Waals surface area (Å²) in [5.74, 6) is 0.967. The van der Waals surface area contributed by atoms with E-state index in [1.165, 1.54) is 109 Å². The average Bonchev–Trinajstić information content (AvgIpc) is 2.52. The Labute approximate surface area is 142 Å². The van der Waals surface area contributed by atoms with E-state index in [0.29, 0.717) is 0 Å². The first-order valence-electron chi connectivity index (χ1n) is 10.6. The first kappa shape index (κ1) is 22.0. The van der Waals surface area contributed by atoms with Gasteiger partial charge in [0.15, 0.2) is 0 Å². The Balaban J connectivity index is 3.09. The van der Waals surface area contributed by atoms with Crippen LogP contribution in [0.15, 0.2) is 0 Å². The summed E-state index contributed by atoms with van der Waals surface area (Å²) in [4.78, 5) is 0. The molecule has 1 atom stereocenters. The Morgan fingerprint density at radius 2 is 0.909 bits per heavy atom. The number of hydrogen-bond donors (Lipinski definition) is 0. The molecule has 1 radical (unpaired) electrons. The maximum Gasteiger partial charge on any atom is -0.0443 e. The fourth-order valence-electron chi connectivity index (χ4n) is 3.32. The standard InChI is InChI=1S/C22H45/c1-4-6-8-10-11-12-13-14-15-17-19-21-22(3)20-18-16-9-7-5-2/h22H,1,4-21H2,2-3H3. The van der Waals surface area contributed by atoms with E-state index >= 15 is 0 Å². The SMILES string of the molecule is [CH2]CCCCCCCCCCCCC(C)CCCCCCC. The normalized spacial score (nSPS) is 12.7. The van der Waals surface area contributed by atoms with Gasteiger partial charge in [-0.05, 0) is 5.92 Å². The minimum atomic E-state index is 0.967. The van der Waals surface area contributed by atoms with Crippen molar-refractivity contribution in [2.75, 3.05) is 0 Å². The number of rotatable bonds is 18. The molecule has 0 aromatic rings. The van der Waals surface area contributed by atoms with Gasteiger partial charge in [-0.2, -0.15) is 0 Å². The van der Waals surface area contributed by atoms with Gasteiger partial charge in [-0.3, -0.25) is 0 Å². The molecule has 0 fully saturated rings. The summed E-state index contributed by atoms with van der Waals surface area (Å²) in [7, 11) is 0. The summed E-state index contributed by atoms with van der Waals surface area (Å²) in [6, 6.07) is 0. The third-order valence-corrected chi connectivity index (χ3v) is 5.00. The van der Waals surface area contributed by atoms with Crippen molar-refractivity contribution < 1.29 is 0 Å². The van der Waals surface area contributed by atoms with Crippen LogP contribution in [0.5, 0.6) is 0 Å². The molecule has 0 rings (SSSR count). The second-order valence-electron chi connectivity index (χ2n) is 7.49. The molecule has 0 N–H and O–H groups in total. The van der Waals surface area contributed by atoms with Crippen molar-refractivity contribution in [3.8, 4) is 0 Å². The van der Waals surface area contributed by atoms with E-state index in [-0.39, 0.29) is 0 Å². The van der Waals surface area contributed by atoms with Crippen molar-refractivity contribution in [1.82, 2.24) is 0 Å². The van der Waals surface area contributed by atoms with Crippen molar-refractivity contribution >= 4 is 0 Å². The molecule has 0 heterocycles. The zero-order valence-electron chi connectivity index (χ0n) is 16.0. The third-order valence-electron chi connectivity index (χ3n) is 5.00. The molecule has 22 heavy (non-hydrogen) atoms. The lowest BCUT2D eigenvalue weighted by atomic mass is 9.96. The van der Waals surface area contributed by atoms with Gasteiger partial charge in [-0.15, -0.1) is 0 Å². The minimum absolute atomic E-state index is 0.967. The van der Waals surface area contributed by atoms with E-state index in [0.717, 1.165) is 12.3 Å². The molecule has 0 heteroatoms. The van der Waals surface area contributed by atoms with Crippen molar-refractivity contribution in [1.29, 1.82) is 0 Å². The highest BCUT2D eigenvalue weighted by Crippen LogP contribution is 2.18. The Morgan fingerprint density at radius 3 is 1.32 bits per heavy atom. The summed E-state index contributed by atoms with van der Waals surface area (Å²) in [6.07, 6.45) is 25.7. The molecule has 133 valence electrons. The van der Waals surface area contributed by atoms with E-state index in [1.807, 2.05) is 0 Å². The van der Waals surface area contributed by atoms with Crippen LogP contribution < -0.4 is 0 Å². The minimum Gasteiger partial charge on any atom is -0.0654 e. The molecule has 0 bridgehead atoms. The van der Waals surface area contributed by atoms with E-state index in [4.69, 9.17) is 0 Å². The van der Waals surface area contributed by atoms with Gasteiger partial charge in [-0.25, -0.2) is 0 Å². The van der Waals surface area contributed by atoms with Gasteiger partial charge in [0.25, 0.3) is 0 Å². The van der Waals surface area contributed by atoms with E-state index in [2.05, 4.69) is 20.8 Å². The van der Waals surface area contributed by atoms with Crippen LogP contribution in [0.2, 0.25) is 0 Å². The van der Waals surface area contributed by atoms with Crippen molar-refractivity contribution in [3.05, 3.63) is 6.92 Å². The third kappa shape index (κ3) is 18.1. The van der Waals surface area contributed by atoms with Gasteiger partial charge in [0.2, 0.25) is 0 Å². The maximum atomic E-state index is 3.90.